The molecule has 0 saturated heterocycles. The van der Waals surface area contributed by atoms with Crippen LogP contribution in [0, 0.1) is 6.92 Å². The van der Waals surface area contributed by atoms with E-state index in [1.165, 1.54) is 0 Å². The Morgan fingerprint density at radius 1 is 0.811 bits per heavy atom. The molecule has 0 saturated carbocycles. The van der Waals surface area contributed by atoms with Crippen molar-refractivity contribution in [2.75, 3.05) is 22.6 Å². The van der Waals surface area contributed by atoms with E-state index in [0.29, 0.717) is 36.6 Å². The highest BCUT2D eigenvalue weighted by molar-refractivity contribution is 6.00. The summed E-state index contributed by atoms with van der Waals surface area (Å²) in [6.45, 7) is 6.33. The molecule has 0 bridgehead atoms. The van der Waals surface area contributed by atoms with Crippen LogP contribution in [0.25, 0.3) is 0 Å². The molecule has 3 rings (SSSR count). The number of nitrogens with one attached hydrogen (secondary N) is 3. The van der Waals surface area contributed by atoms with Crippen LogP contribution in [0.2, 0.25) is 0 Å². The van der Waals surface area contributed by atoms with E-state index < -0.39 is 5.97 Å². The summed E-state index contributed by atoms with van der Waals surface area (Å²) < 4.78 is 5.63. The molecule has 0 spiro atoms. The van der Waals surface area contributed by atoms with E-state index in [4.69, 9.17) is 9.84 Å². The lowest BCUT2D eigenvalue weighted by Crippen LogP contribution is -2.20. The first-order valence-corrected chi connectivity index (χ1v) is 12.4. The largest absolute Gasteiger partial charge is 0.494 e. The summed E-state index contributed by atoms with van der Waals surface area (Å²) in [5.74, 6) is -0.386. The second-order valence-corrected chi connectivity index (χ2v) is 8.04. The Bertz CT molecular complexity index is 1160. The zero-order valence-corrected chi connectivity index (χ0v) is 21.5. The van der Waals surface area contributed by atoms with Gasteiger partial charge in [0.1, 0.15) is 5.75 Å². The van der Waals surface area contributed by atoms with Crippen LogP contribution in [0.15, 0.2) is 72.8 Å². The van der Waals surface area contributed by atoms with Gasteiger partial charge in [-0.2, -0.15) is 0 Å². The lowest BCUT2D eigenvalue weighted by molar-refractivity contribution is -0.137. The number of amides is 3. The molecular formula is C29H35N3O5. The van der Waals surface area contributed by atoms with Gasteiger partial charge in [-0.1, -0.05) is 50.2 Å². The van der Waals surface area contributed by atoms with E-state index in [0.717, 1.165) is 16.8 Å². The average Bonchev–Trinajstić information content (AvgIpc) is 2.87. The van der Waals surface area contributed by atoms with Crippen molar-refractivity contribution < 1.29 is 24.2 Å². The smallest absolute Gasteiger partial charge is 0.323 e. The van der Waals surface area contributed by atoms with Crippen molar-refractivity contribution in [1.29, 1.82) is 0 Å². The van der Waals surface area contributed by atoms with Crippen LogP contribution < -0.4 is 20.7 Å². The third-order valence-corrected chi connectivity index (χ3v) is 5.14. The maximum absolute atomic E-state index is 12.5. The molecule has 0 aliphatic heterocycles. The monoisotopic (exact) mass is 505 g/mol. The molecule has 0 heterocycles. The van der Waals surface area contributed by atoms with Crippen molar-refractivity contribution in [3.05, 3.63) is 83.9 Å². The van der Waals surface area contributed by atoms with Crippen molar-refractivity contribution in [3.8, 4) is 5.75 Å². The van der Waals surface area contributed by atoms with Gasteiger partial charge in [0.2, 0.25) is 5.91 Å². The predicted molar refractivity (Wildman–Crippen MR) is 147 cm³/mol. The quantitative estimate of drug-likeness (QED) is 0.223. The molecule has 0 radical (unpaired) electrons. The minimum atomic E-state index is -0.816. The van der Waals surface area contributed by atoms with Crippen LogP contribution in [0.1, 0.15) is 44.2 Å². The van der Waals surface area contributed by atoms with Crippen LogP contribution in [0.4, 0.5) is 21.9 Å². The predicted octanol–water partition coefficient (Wildman–Crippen LogP) is 6.48. The molecule has 8 nitrogen and oxygen atoms in total. The summed E-state index contributed by atoms with van der Waals surface area (Å²) in [5, 5.41) is 17.1. The molecular weight excluding hydrogens is 470 g/mol. The number of rotatable bonds is 11. The molecule has 3 aromatic rings. The van der Waals surface area contributed by atoms with Gasteiger partial charge in [-0.05, 0) is 61.2 Å². The number of hydrogen-bond acceptors (Lipinski definition) is 4. The second-order valence-electron chi connectivity index (χ2n) is 8.04. The Morgan fingerprint density at radius 3 is 2.24 bits per heavy atom. The van der Waals surface area contributed by atoms with Crippen LogP contribution in [-0.4, -0.2) is 29.6 Å². The number of aryl methyl sites for hydroxylation is 1. The number of carbonyl (C=O) groups is 3. The third-order valence-electron chi connectivity index (χ3n) is 5.14. The van der Waals surface area contributed by atoms with Crippen LogP contribution in [0.5, 0.6) is 5.75 Å². The summed E-state index contributed by atoms with van der Waals surface area (Å²) in [6.07, 6.45) is 1.49. The highest BCUT2D eigenvalue weighted by atomic mass is 16.5. The number of hydrogen-bond donors (Lipinski definition) is 4. The standard InChI is InChI=1S/C27H29N3O5.C2H6/c1-19-7-2-3-10-24(19)30-27(34)29-21-14-12-20(13-15-21)17-25(31)28-22-8-6-9-23(18-22)35-16-5-4-11-26(32)33;1-2/h2-3,6-10,12-15,18H,4-5,11,16-17H2,1H3,(H,28,31)(H,32,33)(H2,29,30,34);1-2H3. The van der Waals surface area contributed by atoms with Crippen molar-refractivity contribution >= 4 is 35.0 Å². The molecule has 8 heteroatoms. The molecule has 0 atom stereocenters. The highest BCUT2D eigenvalue weighted by Gasteiger charge is 2.08. The number of anilines is 3. The summed E-state index contributed by atoms with van der Waals surface area (Å²) in [4.78, 5) is 35.2. The van der Waals surface area contributed by atoms with Crippen molar-refractivity contribution in [1.82, 2.24) is 0 Å². The lowest BCUT2D eigenvalue weighted by Gasteiger charge is -2.11. The summed E-state index contributed by atoms with van der Waals surface area (Å²) >= 11 is 0. The first-order valence-electron chi connectivity index (χ1n) is 12.4. The van der Waals surface area contributed by atoms with Gasteiger partial charge in [0, 0.05) is 29.5 Å². The number of benzene rings is 3. The number of carbonyl (C=O) groups excluding carboxylic acids is 2. The van der Waals surface area contributed by atoms with E-state index in [9.17, 15) is 14.4 Å². The lowest BCUT2D eigenvalue weighted by atomic mass is 10.1. The van der Waals surface area contributed by atoms with Crippen LogP contribution in [0.3, 0.4) is 0 Å². The first kappa shape index (κ1) is 28.9. The van der Waals surface area contributed by atoms with Crippen LogP contribution in [-0.2, 0) is 16.0 Å². The Balaban J connectivity index is 0.00000235. The Hall–Kier alpha value is -4.33. The molecule has 0 aromatic heterocycles. The first-order chi connectivity index (χ1) is 17.9. The summed E-state index contributed by atoms with van der Waals surface area (Å²) in [5.41, 5.74) is 3.75. The Labute approximate surface area is 218 Å². The molecule has 0 aliphatic rings. The summed E-state index contributed by atoms with van der Waals surface area (Å²) in [7, 11) is 0. The summed E-state index contributed by atoms with van der Waals surface area (Å²) in [6, 6.07) is 21.3. The maximum Gasteiger partial charge on any atom is 0.323 e. The van der Waals surface area contributed by atoms with Gasteiger partial charge in [-0.25, -0.2) is 4.79 Å². The molecule has 0 unspecified atom stereocenters. The molecule has 4 N–H and O–H groups in total. The fourth-order valence-corrected chi connectivity index (χ4v) is 3.33. The minimum absolute atomic E-state index is 0.122. The topological polar surface area (TPSA) is 117 Å². The normalized spacial score (nSPS) is 9.92. The molecule has 3 aromatic carbocycles. The fourth-order valence-electron chi connectivity index (χ4n) is 3.33. The Morgan fingerprint density at radius 2 is 1.54 bits per heavy atom. The van der Waals surface area contributed by atoms with Gasteiger partial charge < -0.3 is 25.8 Å². The van der Waals surface area contributed by atoms with Gasteiger partial charge in [0.05, 0.1) is 13.0 Å². The van der Waals surface area contributed by atoms with Gasteiger partial charge in [-0.15, -0.1) is 0 Å². The SMILES string of the molecule is CC.Cc1ccccc1NC(=O)Nc1ccc(CC(=O)Nc2cccc(OCCCCC(=O)O)c2)cc1. The maximum atomic E-state index is 12.5. The van der Waals surface area contributed by atoms with E-state index in [-0.39, 0.29) is 24.8 Å². The number of para-hydroxylation sites is 1. The minimum Gasteiger partial charge on any atom is -0.494 e. The van der Waals surface area contributed by atoms with E-state index in [1.807, 2.05) is 45.0 Å². The highest BCUT2D eigenvalue weighted by Crippen LogP contribution is 2.19. The third kappa shape index (κ3) is 10.9. The van der Waals surface area contributed by atoms with Gasteiger partial charge in [0.25, 0.3) is 0 Å². The van der Waals surface area contributed by atoms with E-state index >= 15 is 0 Å². The van der Waals surface area contributed by atoms with Crippen molar-refractivity contribution in [2.24, 2.45) is 0 Å². The van der Waals surface area contributed by atoms with Gasteiger partial charge in [0.15, 0.2) is 0 Å². The number of carboxylic acid groups (broad SMARTS) is 1. The van der Waals surface area contributed by atoms with Gasteiger partial charge in [-0.3, -0.25) is 9.59 Å². The van der Waals surface area contributed by atoms with E-state index in [2.05, 4.69) is 16.0 Å². The van der Waals surface area contributed by atoms with Gasteiger partial charge >= 0.3 is 12.0 Å². The zero-order chi connectivity index (χ0) is 27.0. The molecule has 3 amide bonds. The molecule has 196 valence electrons. The van der Waals surface area contributed by atoms with Crippen molar-refractivity contribution in [2.45, 2.75) is 46.5 Å². The van der Waals surface area contributed by atoms with Crippen molar-refractivity contribution in [3.63, 3.8) is 0 Å². The fraction of sp³-hybridized carbons (Fsp3) is 0.276. The van der Waals surface area contributed by atoms with Crippen LogP contribution >= 0.6 is 0 Å². The van der Waals surface area contributed by atoms with E-state index in [1.54, 1.807) is 48.5 Å². The Kier molecular flexibility index (Phi) is 12.2. The average molecular weight is 506 g/mol. The number of carboxylic acids is 1. The second kappa shape index (κ2) is 15.6. The molecule has 0 aliphatic carbocycles. The zero-order valence-electron chi connectivity index (χ0n) is 21.5. The number of unbranched alkanes of at least 4 members (excludes halogenated alkanes) is 1. The number of ether oxygens (including phenoxy) is 1. The number of urea groups is 1. The molecule has 37 heavy (non-hydrogen) atoms. The molecule has 0 fully saturated rings. The number of aliphatic carboxylic acids is 1.